The molecule has 0 spiro atoms. The van der Waals surface area contributed by atoms with Crippen molar-refractivity contribution in [2.45, 2.75) is 13.8 Å². The van der Waals surface area contributed by atoms with Crippen LogP contribution in [-0.4, -0.2) is 36.3 Å². The number of nitrogens with one attached hydrogen (secondary N) is 1. The minimum atomic E-state index is -0.193. The van der Waals surface area contributed by atoms with Gasteiger partial charge in [0.25, 0.3) is 0 Å². The minimum absolute atomic E-state index is 0.0739. The molecule has 0 aliphatic rings. The van der Waals surface area contributed by atoms with Gasteiger partial charge in [-0.1, -0.05) is 12.1 Å². The Morgan fingerprint density at radius 3 is 2.70 bits per heavy atom. The molecule has 1 rings (SSSR count). The zero-order chi connectivity index (χ0) is 15.0. The first-order valence-electron chi connectivity index (χ1n) is 6.66. The van der Waals surface area contributed by atoms with Crippen molar-refractivity contribution in [3.8, 4) is 0 Å². The molecule has 0 radical (unpaired) electrons. The fourth-order valence-electron chi connectivity index (χ4n) is 1.71. The van der Waals surface area contributed by atoms with Crippen LogP contribution in [-0.2, 0) is 9.59 Å². The molecule has 108 valence electrons. The van der Waals surface area contributed by atoms with E-state index >= 15 is 0 Å². The Morgan fingerprint density at radius 2 is 2.10 bits per heavy atom. The summed E-state index contributed by atoms with van der Waals surface area (Å²) in [5, 5.41) is 2.67. The maximum atomic E-state index is 12.0. The number of carbonyl (C=O) groups is 2. The molecule has 0 heterocycles. The van der Waals surface area contributed by atoms with Crippen LogP contribution >= 0.6 is 0 Å². The number of likely N-dealkylation sites (N-methyl/N-ethyl adjacent to an activating group) is 2. The van der Waals surface area contributed by atoms with Crippen molar-refractivity contribution in [1.82, 2.24) is 10.2 Å². The lowest BCUT2D eigenvalue weighted by Crippen LogP contribution is -2.39. The van der Waals surface area contributed by atoms with Gasteiger partial charge in [-0.05, 0) is 37.6 Å². The smallest absolute Gasteiger partial charge is 0.247 e. The number of benzene rings is 1. The number of carbonyl (C=O) groups excluding carboxylic acids is 2. The highest BCUT2D eigenvalue weighted by molar-refractivity contribution is 5.94. The highest BCUT2D eigenvalue weighted by Gasteiger charge is 2.12. The predicted octanol–water partition coefficient (Wildman–Crippen LogP) is 1.27. The van der Waals surface area contributed by atoms with Crippen molar-refractivity contribution in [3.63, 3.8) is 0 Å². The lowest BCUT2D eigenvalue weighted by atomic mass is 10.2. The maximum absolute atomic E-state index is 12.0. The molecule has 0 unspecified atom stereocenters. The molecule has 0 aliphatic heterocycles. The molecule has 5 heteroatoms. The molecular formula is C15H21N3O2. The Bertz CT molecular complexity index is 498. The summed E-state index contributed by atoms with van der Waals surface area (Å²) in [6.07, 6.45) is 3.15. The number of nitrogen functional groups attached to an aromatic ring is 1. The average molecular weight is 275 g/mol. The maximum Gasteiger partial charge on any atom is 0.247 e. The molecule has 1 aromatic carbocycles. The Kier molecular flexibility index (Phi) is 6.29. The molecule has 0 aromatic heterocycles. The summed E-state index contributed by atoms with van der Waals surface area (Å²) < 4.78 is 0. The van der Waals surface area contributed by atoms with Crippen molar-refractivity contribution < 1.29 is 9.59 Å². The Balaban J connectivity index is 2.65. The fraction of sp³-hybridized carbons (Fsp3) is 0.333. The first kappa shape index (κ1) is 15.8. The standard InChI is InChI=1S/C15H21N3O2/c1-3-17-14(19)11-18(4-2)15(20)9-8-12-6-5-7-13(16)10-12/h5-10H,3-4,11,16H2,1-2H3,(H,17,19)/b9-8+. The molecule has 0 bridgehead atoms. The third-order valence-corrected chi connectivity index (χ3v) is 2.73. The second-order valence-electron chi connectivity index (χ2n) is 4.31. The molecule has 5 nitrogen and oxygen atoms in total. The van der Waals surface area contributed by atoms with Crippen LogP contribution in [0.4, 0.5) is 5.69 Å². The summed E-state index contributed by atoms with van der Waals surface area (Å²) in [5.74, 6) is -0.346. The van der Waals surface area contributed by atoms with Crippen molar-refractivity contribution in [2.75, 3.05) is 25.4 Å². The zero-order valence-corrected chi connectivity index (χ0v) is 11.9. The first-order valence-corrected chi connectivity index (χ1v) is 6.66. The van der Waals surface area contributed by atoms with Crippen molar-refractivity contribution in [3.05, 3.63) is 35.9 Å². The van der Waals surface area contributed by atoms with Gasteiger partial charge >= 0.3 is 0 Å². The van der Waals surface area contributed by atoms with E-state index in [1.807, 2.05) is 26.0 Å². The van der Waals surface area contributed by atoms with Crippen molar-refractivity contribution in [1.29, 1.82) is 0 Å². The number of hydrogen-bond donors (Lipinski definition) is 2. The third-order valence-electron chi connectivity index (χ3n) is 2.73. The van der Waals surface area contributed by atoms with Gasteiger partial charge in [0.05, 0.1) is 6.54 Å². The lowest BCUT2D eigenvalue weighted by Gasteiger charge is -2.18. The summed E-state index contributed by atoms with van der Waals surface area (Å²) >= 11 is 0. The van der Waals surface area contributed by atoms with E-state index in [1.54, 1.807) is 18.2 Å². The van der Waals surface area contributed by atoms with E-state index in [2.05, 4.69) is 5.32 Å². The summed E-state index contributed by atoms with van der Waals surface area (Å²) in [5.41, 5.74) is 7.17. The second-order valence-corrected chi connectivity index (χ2v) is 4.31. The van der Waals surface area contributed by atoms with E-state index in [0.29, 0.717) is 18.8 Å². The van der Waals surface area contributed by atoms with Gasteiger partial charge in [-0.3, -0.25) is 9.59 Å². The largest absolute Gasteiger partial charge is 0.399 e. The van der Waals surface area contributed by atoms with Crippen LogP contribution in [0.15, 0.2) is 30.3 Å². The Hall–Kier alpha value is -2.30. The average Bonchev–Trinajstić information content (AvgIpc) is 2.42. The quantitative estimate of drug-likeness (QED) is 0.606. The number of hydrogen-bond acceptors (Lipinski definition) is 3. The van der Waals surface area contributed by atoms with Crippen molar-refractivity contribution in [2.24, 2.45) is 0 Å². The van der Waals surface area contributed by atoms with Gasteiger partial charge in [-0.15, -0.1) is 0 Å². The van der Waals surface area contributed by atoms with E-state index in [-0.39, 0.29) is 18.4 Å². The lowest BCUT2D eigenvalue weighted by molar-refractivity contribution is -0.132. The van der Waals surface area contributed by atoms with Gasteiger partial charge < -0.3 is 16.0 Å². The molecule has 0 saturated carbocycles. The molecule has 1 aromatic rings. The SMILES string of the molecule is CCNC(=O)CN(CC)C(=O)/C=C/c1cccc(N)c1. The molecule has 0 saturated heterocycles. The van der Waals surface area contributed by atoms with Crippen LogP contribution in [0.1, 0.15) is 19.4 Å². The first-order chi connectivity index (χ1) is 9.56. The van der Waals surface area contributed by atoms with E-state index in [4.69, 9.17) is 5.73 Å². The van der Waals surface area contributed by atoms with Gasteiger partial charge in [0.1, 0.15) is 0 Å². The summed E-state index contributed by atoms with van der Waals surface area (Å²) in [7, 11) is 0. The predicted molar refractivity (Wildman–Crippen MR) is 80.8 cm³/mol. The topological polar surface area (TPSA) is 75.4 Å². The van der Waals surface area contributed by atoms with Crippen molar-refractivity contribution >= 4 is 23.6 Å². The monoisotopic (exact) mass is 275 g/mol. The van der Waals surface area contributed by atoms with Gasteiger partial charge in [0.2, 0.25) is 11.8 Å². The van der Waals surface area contributed by atoms with Crippen LogP contribution < -0.4 is 11.1 Å². The van der Waals surface area contributed by atoms with Gasteiger partial charge in [-0.2, -0.15) is 0 Å². The normalized spacial score (nSPS) is 10.5. The van der Waals surface area contributed by atoms with Gasteiger partial charge in [0, 0.05) is 24.9 Å². The van der Waals surface area contributed by atoms with Crippen LogP contribution in [0, 0.1) is 0 Å². The van der Waals surface area contributed by atoms with Crippen LogP contribution in [0.5, 0.6) is 0 Å². The van der Waals surface area contributed by atoms with Crippen LogP contribution in [0.25, 0.3) is 6.08 Å². The number of anilines is 1. The number of amides is 2. The minimum Gasteiger partial charge on any atom is -0.399 e. The Morgan fingerprint density at radius 1 is 1.35 bits per heavy atom. The van der Waals surface area contributed by atoms with E-state index in [1.165, 1.54) is 11.0 Å². The number of nitrogens with zero attached hydrogens (tertiary/aromatic N) is 1. The molecule has 0 fully saturated rings. The third kappa shape index (κ3) is 5.14. The van der Waals surface area contributed by atoms with Gasteiger partial charge in [-0.25, -0.2) is 0 Å². The highest BCUT2D eigenvalue weighted by atomic mass is 16.2. The van der Waals surface area contributed by atoms with Crippen LogP contribution in [0.2, 0.25) is 0 Å². The molecule has 20 heavy (non-hydrogen) atoms. The molecule has 0 atom stereocenters. The summed E-state index contributed by atoms with van der Waals surface area (Å²) in [6.45, 7) is 4.80. The molecule has 0 aliphatic carbocycles. The summed E-state index contributed by atoms with van der Waals surface area (Å²) in [6, 6.07) is 7.25. The zero-order valence-electron chi connectivity index (χ0n) is 11.9. The molecule has 3 N–H and O–H groups in total. The van der Waals surface area contributed by atoms with Crippen LogP contribution in [0.3, 0.4) is 0 Å². The molecular weight excluding hydrogens is 254 g/mol. The van der Waals surface area contributed by atoms with E-state index in [0.717, 1.165) is 5.56 Å². The van der Waals surface area contributed by atoms with E-state index < -0.39 is 0 Å². The molecule has 2 amide bonds. The number of rotatable bonds is 6. The van der Waals surface area contributed by atoms with Gasteiger partial charge in [0.15, 0.2) is 0 Å². The fourth-order valence-corrected chi connectivity index (χ4v) is 1.71. The summed E-state index contributed by atoms with van der Waals surface area (Å²) in [4.78, 5) is 25.0. The van der Waals surface area contributed by atoms with E-state index in [9.17, 15) is 9.59 Å². The highest BCUT2D eigenvalue weighted by Crippen LogP contribution is 2.08. The Labute approximate surface area is 119 Å². The second kappa shape index (κ2) is 7.99. The number of nitrogens with two attached hydrogens (primary N) is 1.